The predicted octanol–water partition coefficient (Wildman–Crippen LogP) is 23.2. The minimum absolute atomic E-state index is 0.0847. The summed E-state index contributed by atoms with van der Waals surface area (Å²) in [6.45, 7) is 6.53. The van der Waals surface area contributed by atoms with Crippen molar-refractivity contribution in [1.29, 1.82) is 0 Å². The molecule has 1 unspecified atom stereocenters. The van der Waals surface area contributed by atoms with Gasteiger partial charge in [-0.1, -0.05) is 285 Å². The van der Waals surface area contributed by atoms with Gasteiger partial charge in [-0.25, -0.2) is 0 Å². The van der Waals surface area contributed by atoms with E-state index >= 15 is 0 Å². The van der Waals surface area contributed by atoms with Crippen LogP contribution in [0, 0.1) is 0 Å². The molecule has 0 rings (SSSR count). The van der Waals surface area contributed by atoms with E-state index in [9.17, 15) is 14.4 Å². The van der Waals surface area contributed by atoms with Gasteiger partial charge in [0.2, 0.25) is 0 Å². The van der Waals surface area contributed by atoms with Gasteiger partial charge in [-0.15, -0.1) is 0 Å². The molecule has 0 bridgehead atoms. The standard InChI is InChI=1S/C73H126O6/c1-4-7-10-13-16-19-22-25-28-30-32-34-35-36-37-39-40-42-45-48-51-54-57-60-63-66-72(75)78-69-70(68-77-71(74)65-62-59-56-53-50-47-44-27-24-21-18-15-12-9-6-3)79-73(76)67-64-61-58-55-52-49-46-43-41-38-33-31-29-26-23-20-17-14-11-8-5-2/h8,11,17,20,22,25-27,29-30,32-33,35-36,38,44,70H,4-7,9-10,12-16,18-19,21,23-24,28,31,34,37,39-43,45-69H2,1-3H3/b11-8-,20-17-,25-22-,29-26-,32-30-,36-35-,38-33-,44-27-. The zero-order chi connectivity index (χ0) is 57.1. The highest BCUT2D eigenvalue weighted by molar-refractivity contribution is 5.71. The molecule has 0 fully saturated rings. The smallest absolute Gasteiger partial charge is 0.306 e. The van der Waals surface area contributed by atoms with Crippen molar-refractivity contribution in [2.75, 3.05) is 13.2 Å². The summed E-state index contributed by atoms with van der Waals surface area (Å²) in [4.78, 5) is 38.4. The molecule has 1 atom stereocenters. The molecule has 0 aliphatic rings. The van der Waals surface area contributed by atoms with Crippen LogP contribution in [0.3, 0.4) is 0 Å². The molecule has 0 heterocycles. The van der Waals surface area contributed by atoms with Gasteiger partial charge in [0.1, 0.15) is 13.2 Å². The predicted molar refractivity (Wildman–Crippen MR) is 344 cm³/mol. The first-order chi connectivity index (χ1) is 39.0. The Morgan fingerprint density at radius 2 is 0.494 bits per heavy atom. The lowest BCUT2D eigenvalue weighted by Crippen LogP contribution is -2.30. The summed E-state index contributed by atoms with van der Waals surface area (Å²) in [5.74, 6) is -0.893. The number of allylic oxidation sites excluding steroid dienone is 16. The zero-order valence-corrected chi connectivity index (χ0v) is 52.1. The van der Waals surface area contributed by atoms with E-state index in [2.05, 4.69) is 118 Å². The van der Waals surface area contributed by atoms with Crippen molar-refractivity contribution in [2.24, 2.45) is 0 Å². The van der Waals surface area contributed by atoms with Crippen LogP contribution in [-0.2, 0) is 28.6 Å². The number of unbranched alkanes of at least 4 members (excludes halogenated alkanes) is 34. The number of ether oxygens (including phenoxy) is 3. The van der Waals surface area contributed by atoms with E-state index in [0.29, 0.717) is 19.3 Å². The second-order valence-electron chi connectivity index (χ2n) is 22.3. The summed E-state index contributed by atoms with van der Waals surface area (Å²) in [6, 6.07) is 0. The minimum Gasteiger partial charge on any atom is -0.462 e. The fraction of sp³-hybridized carbons (Fsp3) is 0.740. The molecule has 6 heteroatoms. The van der Waals surface area contributed by atoms with E-state index in [1.165, 1.54) is 180 Å². The van der Waals surface area contributed by atoms with Crippen molar-refractivity contribution in [3.8, 4) is 0 Å². The Hall–Kier alpha value is -3.67. The average molecular weight is 1100 g/mol. The summed E-state index contributed by atoms with van der Waals surface area (Å²) < 4.78 is 17.0. The average Bonchev–Trinajstić information content (AvgIpc) is 3.45. The van der Waals surface area contributed by atoms with Crippen LogP contribution in [0.2, 0.25) is 0 Å². The largest absolute Gasteiger partial charge is 0.462 e. The molecule has 0 aliphatic heterocycles. The van der Waals surface area contributed by atoms with Crippen LogP contribution >= 0.6 is 0 Å². The lowest BCUT2D eigenvalue weighted by atomic mass is 10.1. The molecule has 0 N–H and O–H groups in total. The molecule has 0 amide bonds. The van der Waals surface area contributed by atoms with Gasteiger partial charge in [-0.05, 0) is 122 Å². The van der Waals surface area contributed by atoms with E-state index < -0.39 is 6.10 Å². The monoisotopic (exact) mass is 1100 g/mol. The lowest BCUT2D eigenvalue weighted by Gasteiger charge is -2.18. The third-order valence-electron chi connectivity index (χ3n) is 14.5. The Kier molecular flexibility index (Phi) is 63.7. The Labute approximate surface area is 489 Å². The molecule has 454 valence electrons. The Bertz CT molecular complexity index is 1540. The van der Waals surface area contributed by atoms with Gasteiger partial charge in [-0.2, -0.15) is 0 Å². The van der Waals surface area contributed by atoms with E-state index in [1.54, 1.807) is 0 Å². The summed E-state index contributed by atoms with van der Waals surface area (Å²) in [5.41, 5.74) is 0. The number of carbonyl (C=O) groups excluding carboxylic acids is 3. The van der Waals surface area contributed by atoms with Crippen molar-refractivity contribution >= 4 is 17.9 Å². The maximum atomic E-state index is 12.9. The van der Waals surface area contributed by atoms with Gasteiger partial charge in [0, 0.05) is 19.3 Å². The van der Waals surface area contributed by atoms with Crippen LogP contribution in [0.1, 0.15) is 329 Å². The van der Waals surface area contributed by atoms with Crippen LogP contribution in [0.4, 0.5) is 0 Å². The fourth-order valence-electron chi connectivity index (χ4n) is 9.50. The fourth-order valence-corrected chi connectivity index (χ4v) is 9.50. The van der Waals surface area contributed by atoms with Gasteiger partial charge in [0.05, 0.1) is 0 Å². The Morgan fingerprint density at radius 1 is 0.266 bits per heavy atom. The maximum absolute atomic E-state index is 12.9. The second kappa shape index (κ2) is 66.8. The first-order valence-corrected chi connectivity index (χ1v) is 33.7. The molecule has 79 heavy (non-hydrogen) atoms. The van der Waals surface area contributed by atoms with E-state index in [-0.39, 0.29) is 31.1 Å². The molecule has 0 saturated carbocycles. The molecule has 0 aliphatic carbocycles. The first kappa shape index (κ1) is 75.3. The topological polar surface area (TPSA) is 78.9 Å². The first-order valence-electron chi connectivity index (χ1n) is 33.7. The molecule has 0 radical (unpaired) electrons. The number of hydrogen-bond acceptors (Lipinski definition) is 6. The summed E-state index contributed by atoms with van der Waals surface area (Å²) in [7, 11) is 0. The van der Waals surface area contributed by atoms with E-state index in [0.717, 1.165) is 109 Å². The number of esters is 3. The molecule has 0 aromatic heterocycles. The molecular formula is C73H126O6. The highest BCUT2D eigenvalue weighted by atomic mass is 16.6. The van der Waals surface area contributed by atoms with Crippen molar-refractivity contribution in [2.45, 2.75) is 335 Å². The van der Waals surface area contributed by atoms with Gasteiger partial charge in [-0.3, -0.25) is 14.4 Å². The molecule has 6 nitrogen and oxygen atoms in total. The molecule has 0 aromatic rings. The molecule has 0 spiro atoms. The maximum Gasteiger partial charge on any atom is 0.306 e. The third kappa shape index (κ3) is 65.0. The van der Waals surface area contributed by atoms with Crippen LogP contribution in [0.15, 0.2) is 97.2 Å². The minimum atomic E-state index is -0.790. The van der Waals surface area contributed by atoms with Gasteiger partial charge < -0.3 is 14.2 Å². The van der Waals surface area contributed by atoms with Crippen molar-refractivity contribution in [3.63, 3.8) is 0 Å². The summed E-state index contributed by atoms with van der Waals surface area (Å²) in [6.07, 6.45) is 89.8. The molecule has 0 aromatic carbocycles. The quantitative estimate of drug-likeness (QED) is 0.0261. The van der Waals surface area contributed by atoms with Gasteiger partial charge in [0.15, 0.2) is 6.10 Å². The van der Waals surface area contributed by atoms with Crippen LogP contribution in [0.25, 0.3) is 0 Å². The SMILES string of the molecule is CC/C=C\C/C=C\C/C=C\C/C=C\CCCCCCCCCCC(=O)OC(COC(=O)CCCCCCC/C=C\CCCCCCCC)COC(=O)CCCCCCCCCCCC/C=C\C/C=C\C/C=C\CCCCCCC. The zero-order valence-electron chi connectivity index (χ0n) is 52.1. The number of rotatable bonds is 61. The second-order valence-corrected chi connectivity index (χ2v) is 22.3. The Balaban J connectivity index is 4.37. The van der Waals surface area contributed by atoms with Gasteiger partial charge in [0.25, 0.3) is 0 Å². The normalized spacial score (nSPS) is 12.7. The van der Waals surface area contributed by atoms with Crippen LogP contribution in [-0.4, -0.2) is 37.2 Å². The molecule has 0 saturated heterocycles. The number of carbonyl (C=O) groups is 3. The van der Waals surface area contributed by atoms with Crippen molar-refractivity contribution < 1.29 is 28.6 Å². The van der Waals surface area contributed by atoms with Gasteiger partial charge >= 0.3 is 17.9 Å². The van der Waals surface area contributed by atoms with Crippen LogP contribution in [0.5, 0.6) is 0 Å². The van der Waals surface area contributed by atoms with E-state index in [1.807, 2.05) is 0 Å². The van der Waals surface area contributed by atoms with E-state index in [4.69, 9.17) is 14.2 Å². The van der Waals surface area contributed by atoms with Crippen molar-refractivity contribution in [3.05, 3.63) is 97.2 Å². The highest BCUT2D eigenvalue weighted by Crippen LogP contribution is 2.16. The summed E-state index contributed by atoms with van der Waals surface area (Å²) in [5, 5.41) is 0. The highest BCUT2D eigenvalue weighted by Gasteiger charge is 2.19. The summed E-state index contributed by atoms with van der Waals surface area (Å²) >= 11 is 0. The Morgan fingerprint density at radius 3 is 0.785 bits per heavy atom. The van der Waals surface area contributed by atoms with Crippen molar-refractivity contribution in [1.82, 2.24) is 0 Å². The number of hydrogen-bond donors (Lipinski definition) is 0. The third-order valence-corrected chi connectivity index (χ3v) is 14.5. The van der Waals surface area contributed by atoms with Crippen LogP contribution < -0.4 is 0 Å². The molecular weight excluding hydrogens is 973 g/mol. The lowest BCUT2D eigenvalue weighted by molar-refractivity contribution is -0.167.